The summed E-state index contributed by atoms with van der Waals surface area (Å²) < 4.78 is 10.4. The highest BCUT2D eigenvalue weighted by atomic mass is 16.5. The Balaban J connectivity index is 2.32. The van der Waals surface area contributed by atoms with Crippen molar-refractivity contribution in [3.8, 4) is 11.5 Å². The van der Waals surface area contributed by atoms with Gasteiger partial charge in [-0.3, -0.25) is 9.89 Å². The van der Waals surface area contributed by atoms with Crippen molar-refractivity contribution in [3.05, 3.63) is 35.2 Å². The first-order valence-corrected chi connectivity index (χ1v) is 6.11. The molecule has 0 aliphatic rings. The van der Waals surface area contributed by atoms with Crippen molar-refractivity contribution in [1.82, 2.24) is 10.2 Å². The van der Waals surface area contributed by atoms with Crippen LogP contribution in [-0.2, 0) is 0 Å². The van der Waals surface area contributed by atoms with Crippen LogP contribution in [0, 0.1) is 13.8 Å². The van der Waals surface area contributed by atoms with Gasteiger partial charge in [0, 0.05) is 11.8 Å². The number of H-pyrrole nitrogens is 1. The summed E-state index contributed by atoms with van der Waals surface area (Å²) in [5.74, 6) is 0.972. The molecule has 2 aromatic rings. The maximum Gasteiger partial charge on any atom is 0.259 e. The molecule has 0 unspecified atom stereocenters. The van der Waals surface area contributed by atoms with E-state index in [0.29, 0.717) is 28.4 Å². The highest BCUT2D eigenvalue weighted by molar-refractivity contribution is 6.06. The molecule has 6 heteroatoms. The number of amides is 1. The molecular weight excluding hydrogens is 258 g/mol. The molecule has 20 heavy (non-hydrogen) atoms. The highest BCUT2D eigenvalue weighted by Crippen LogP contribution is 2.29. The maximum atomic E-state index is 12.3. The predicted molar refractivity (Wildman–Crippen MR) is 75.6 cm³/mol. The second-order valence-corrected chi connectivity index (χ2v) is 4.33. The van der Waals surface area contributed by atoms with E-state index in [9.17, 15) is 4.79 Å². The van der Waals surface area contributed by atoms with Gasteiger partial charge in [0.05, 0.1) is 31.2 Å². The molecule has 6 nitrogen and oxygen atoms in total. The van der Waals surface area contributed by atoms with Crippen LogP contribution in [0.4, 0.5) is 5.69 Å². The minimum absolute atomic E-state index is 0.236. The van der Waals surface area contributed by atoms with Gasteiger partial charge in [-0.1, -0.05) is 0 Å². The van der Waals surface area contributed by atoms with Crippen molar-refractivity contribution in [2.45, 2.75) is 13.8 Å². The lowest BCUT2D eigenvalue weighted by Crippen LogP contribution is -2.14. The van der Waals surface area contributed by atoms with Crippen LogP contribution in [0.15, 0.2) is 18.2 Å². The van der Waals surface area contributed by atoms with Crippen LogP contribution in [-0.4, -0.2) is 30.3 Å². The van der Waals surface area contributed by atoms with E-state index < -0.39 is 0 Å². The number of benzene rings is 1. The van der Waals surface area contributed by atoms with Crippen LogP contribution in [0.1, 0.15) is 21.7 Å². The molecule has 1 amide bonds. The third-order valence-electron chi connectivity index (χ3n) is 3.01. The second-order valence-electron chi connectivity index (χ2n) is 4.33. The molecule has 0 saturated carbocycles. The number of carbonyl (C=O) groups is 1. The molecule has 1 aromatic heterocycles. The van der Waals surface area contributed by atoms with Crippen LogP contribution < -0.4 is 14.8 Å². The van der Waals surface area contributed by atoms with Crippen molar-refractivity contribution in [2.75, 3.05) is 19.5 Å². The monoisotopic (exact) mass is 275 g/mol. The zero-order valence-corrected chi connectivity index (χ0v) is 11.9. The number of aryl methyl sites for hydroxylation is 2. The summed E-state index contributed by atoms with van der Waals surface area (Å²) in [4.78, 5) is 12.3. The normalized spacial score (nSPS) is 10.2. The van der Waals surface area contributed by atoms with Crippen molar-refractivity contribution in [2.24, 2.45) is 0 Å². The van der Waals surface area contributed by atoms with Crippen molar-refractivity contribution >= 4 is 11.6 Å². The third kappa shape index (κ3) is 2.59. The standard InChI is InChI=1S/C14H17N3O3/c1-8-13(9(2)17-16-8)14(18)15-11-7-10(19-3)5-6-12(11)20-4/h5-7H,1-4H3,(H,15,18)(H,16,17). The van der Waals surface area contributed by atoms with Crippen LogP contribution in [0.3, 0.4) is 0 Å². The molecule has 2 N–H and O–H groups in total. The average molecular weight is 275 g/mol. The number of hydrogen-bond acceptors (Lipinski definition) is 4. The van der Waals surface area contributed by atoms with E-state index in [1.54, 1.807) is 46.3 Å². The predicted octanol–water partition coefficient (Wildman–Crippen LogP) is 2.30. The molecule has 0 saturated heterocycles. The third-order valence-corrected chi connectivity index (χ3v) is 3.01. The first kappa shape index (κ1) is 13.9. The number of nitrogens with zero attached hydrogens (tertiary/aromatic N) is 1. The number of carbonyl (C=O) groups excluding carboxylic acids is 1. The Bertz CT molecular complexity index is 615. The van der Waals surface area contributed by atoms with Crippen LogP contribution in [0.2, 0.25) is 0 Å². The Morgan fingerprint density at radius 2 is 2.00 bits per heavy atom. The Hall–Kier alpha value is -2.50. The van der Waals surface area contributed by atoms with Gasteiger partial charge in [-0.15, -0.1) is 0 Å². The summed E-state index contributed by atoms with van der Waals surface area (Å²) in [6.07, 6.45) is 0. The van der Waals surface area contributed by atoms with Crippen molar-refractivity contribution in [1.29, 1.82) is 0 Å². The molecule has 0 fully saturated rings. The number of ether oxygens (including phenoxy) is 2. The zero-order valence-electron chi connectivity index (χ0n) is 11.9. The Morgan fingerprint density at radius 3 is 2.55 bits per heavy atom. The van der Waals surface area contributed by atoms with Gasteiger partial charge in [0.15, 0.2) is 0 Å². The number of methoxy groups -OCH3 is 2. The summed E-state index contributed by atoms with van der Waals surface area (Å²) >= 11 is 0. The smallest absolute Gasteiger partial charge is 0.259 e. The fourth-order valence-electron chi connectivity index (χ4n) is 1.98. The van der Waals surface area contributed by atoms with Gasteiger partial charge in [0.1, 0.15) is 11.5 Å². The van der Waals surface area contributed by atoms with E-state index >= 15 is 0 Å². The Labute approximate surface area is 117 Å². The van der Waals surface area contributed by atoms with E-state index in [0.717, 1.165) is 5.69 Å². The van der Waals surface area contributed by atoms with Crippen molar-refractivity contribution < 1.29 is 14.3 Å². The first-order chi connectivity index (χ1) is 9.56. The fourth-order valence-corrected chi connectivity index (χ4v) is 1.98. The maximum absolute atomic E-state index is 12.3. The van der Waals surface area contributed by atoms with Crippen LogP contribution in [0.25, 0.3) is 0 Å². The molecule has 0 aliphatic heterocycles. The molecule has 0 bridgehead atoms. The number of anilines is 1. The highest BCUT2D eigenvalue weighted by Gasteiger charge is 2.17. The molecule has 106 valence electrons. The van der Waals surface area contributed by atoms with Crippen molar-refractivity contribution in [3.63, 3.8) is 0 Å². The summed E-state index contributed by atoms with van der Waals surface area (Å²) in [6.45, 7) is 3.58. The SMILES string of the molecule is COc1ccc(OC)c(NC(=O)c2c(C)n[nH]c2C)c1. The van der Waals surface area contributed by atoms with Gasteiger partial charge >= 0.3 is 0 Å². The number of nitrogens with one attached hydrogen (secondary N) is 2. The number of hydrogen-bond donors (Lipinski definition) is 2. The minimum atomic E-state index is -0.236. The molecule has 0 aliphatic carbocycles. The van der Waals surface area contributed by atoms with Gasteiger partial charge in [-0.05, 0) is 26.0 Å². The van der Waals surface area contributed by atoms with Gasteiger partial charge in [0.2, 0.25) is 0 Å². The Morgan fingerprint density at radius 1 is 1.25 bits per heavy atom. The Kier molecular flexibility index (Phi) is 3.93. The number of rotatable bonds is 4. The number of aromatic amines is 1. The lowest BCUT2D eigenvalue weighted by molar-refractivity contribution is 0.102. The topological polar surface area (TPSA) is 76.2 Å². The molecular formula is C14H17N3O3. The summed E-state index contributed by atoms with van der Waals surface area (Å²) in [5.41, 5.74) is 2.47. The lowest BCUT2D eigenvalue weighted by Gasteiger charge is -2.11. The average Bonchev–Trinajstić information content (AvgIpc) is 2.78. The summed E-state index contributed by atoms with van der Waals surface area (Å²) in [7, 11) is 3.11. The van der Waals surface area contributed by atoms with Crippen LogP contribution >= 0.6 is 0 Å². The molecule has 0 radical (unpaired) electrons. The zero-order chi connectivity index (χ0) is 14.7. The van der Waals surface area contributed by atoms with Gasteiger partial charge in [0.25, 0.3) is 5.91 Å². The minimum Gasteiger partial charge on any atom is -0.497 e. The fraction of sp³-hybridized carbons (Fsp3) is 0.286. The van der Waals surface area contributed by atoms with E-state index in [4.69, 9.17) is 9.47 Å². The van der Waals surface area contributed by atoms with Gasteiger partial charge in [-0.2, -0.15) is 5.10 Å². The van der Waals surface area contributed by atoms with E-state index in [2.05, 4.69) is 15.5 Å². The van der Waals surface area contributed by atoms with Gasteiger partial charge in [-0.25, -0.2) is 0 Å². The van der Waals surface area contributed by atoms with E-state index in [1.165, 1.54) is 0 Å². The quantitative estimate of drug-likeness (QED) is 0.897. The number of aromatic nitrogens is 2. The molecule has 1 heterocycles. The largest absolute Gasteiger partial charge is 0.497 e. The van der Waals surface area contributed by atoms with E-state index in [1.807, 2.05) is 0 Å². The molecule has 0 spiro atoms. The summed E-state index contributed by atoms with van der Waals surface area (Å²) in [5, 5.41) is 9.62. The molecule has 0 atom stereocenters. The second kappa shape index (κ2) is 5.64. The van der Waals surface area contributed by atoms with Gasteiger partial charge < -0.3 is 14.8 Å². The molecule has 1 aromatic carbocycles. The lowest BCUT2D eigenvalue weighted by atomic mass is 10.1. The van der Waals surface area contributed by atoms with E-state index in [-0.39, 0.29) is 5.91 Å². The summed E-state index contributed by atoms with van der Waals surface area (Å²) in [6, 6.07) is 5.22. The van der Waals surface area contributed by atoms with Crippen LogP contribution in [0.5, 0.6) is 11.5 Å². The first-order valence-electron chi connectivity index (χ1n) is 6.11. The molecule has 2 rings (SSSR count).